The van der Waals surface area contributed by atoms with Crippen LogP contribution in [-0.2, 0) is 4.84 Å². The third kappa shape index (κ3) is 4.87. The molecule has 0 rings (SSSR count). The van der Waals surface area contributed by atoms with Crippen LogP contribution >= 0.6 is 0 Å². The van der Waals surface area contributed by atoms with Crippen molar-refractivity contribution in [2.45, 2.75) is 20.8 Å². The van der Waals surface area contributed by atoms with Crippen molar-refractivity contribution in [1.82, 2.24) is 0 Å². The Hall–Kier alpha value is -0.990. The van der Waals surface area contributed by atoms with Crippen LogP contribution in [0, 0.1) is 0 Å². The summed E-state index contributed by atoms with van der Waals surface area (Å²) in [6.45, 7) is 5.35. The lowest BCUT2D eigenvalue weighted by molar-refractivity contribution is 0.228. The van der Waals surface area contributed by atoms with Gasteiger partial charge in [0.25, 0.3) is 0 Å². The third-order valence-electron chi connectivity index (χ3n) is 0.740. The Kier molecular flexibility index (Phi) is 3.51. The minimum Gasteiger partial charge on any atom is -0.385 e. The van der Waals surface area contributed by atoms with Crippen molar-refractivity contribution < 1.29 is 4.84 Å². The molecule has 0 unspecified atom stereocenters. The summed E-state index contributed by atoms with van der Waals surface area (Å²) < 4.78 is 0. The largest absolute Gasteiger partial charge is 0.385 e. The van der Waals surface area contributed by atoms with Crippen molar-refractivity contribution in [3.63, 3.8) is 0 Å². The van der Waals surface area contributed by atoms with Gasteiger partial charge in [0.15, 0.2) is 0 Å². The molecule has 0 aromatic heterocycles. The summed E-state index contributed by atoms with van der Waals surface area (Å²) >= 11 is 0. The van der Waals surface area contributed by atoms with Gasteiger partial charge in [-0.2, -0.15) is 0 Å². The first-order valence-corrected chi connectivity index (χ1v) is 2.77. The Morgan fingerprint density at radius 3 is 2.44 bits per heavy atom. The van der Waals surface area contributed by atoms with Crippen LogP contribution in [0.4, 0.5) is 0 Å². The van der Waals surface area contributed by atoms with E-state index in [1.54, 1.807) is 6.92 Å². The summed E-state index contributed by atoms with van der Waals surface area (Å²) in [6, 6.07) is 0. The number of oxime groups is 1. The lowest BCUT2D eigenvalue weighted by Crippen LogP contribution is -2.05. The first kappa shape index (κ1) is 8.01. The van der Waals surface area contributed by atoms with Crippen LogP contribution in [-0.4, -0.2) is 5.84 Å². The second kappa shape index (κ2) is 3.95. The van der Waals surface area contributed by atoms with Gasteiger partial charge in [-0.25, -0.2) is 0 Å². The Balaban J connectivity index is 3.64. The second-order valence-electron chi connectivity index (χ2n) is 1.72. The van der Waals surface area contributed by atoms with E-state index in [9.17, 15) is 0 Å². The van der Waals surface area contributed by atoms with Gasteiger partial charge in [0.05, 0.1) is 0 Å². The van der Waals surface area contributed by atoms with Crippen LogP contribution in [0.5, 0.6) is 0 Å². The predicted molar refractivity (Wildman–Crippen MR) is 37.8 cm³/mol. The summed E-state index contributed by atoms with van der Waals surface area (Å²) in [4.78, 5) is 4.78. The molecule has 3 heteroatoms. The fraction of sp³-hybridized carbons (Fsp3) is 0.500. The van der Waals surface area contributed by atoms with Crippen molar-refractivity contribution in [2.75, 3.05) is 0 Å². The lowest BCUT2D eigenvalue weighted by Gasteiger charge is -1.94. The van der Waals surface area contributed by atoms with E-state index < -0.39 is 0 Å². The minimum atomic E-state index is 0.427. The van der Waals surface area contributed by atoms with Crippen molar-refractivity contribution in [1.29, 1.82) is 0 Å². The van der Waals surface area contributed by atoms with Crippen LogP contribution in [0.2, 0.25) is 0 Å². The zero-order valence-electron chi connectivity index (χ0n) is 6.01. The second-order valence-corrected chi connectivity index (χ2v) is 1.72. The molecule has 52 valence electrons. The van der Waals surface area contributed by atoms with E-state index in [1.807, 2.05) is 19.9 Å². The van der Waals surface area contributed by atoms with Crippen LogP contribution in [0.1, 0.15) is 20.8 Å². The van der Waals surface area contributed by atoms with E-state index in [0.717, 1.165) is 5.76 Å². The highest BCUT2D eigenvalue weighted by Gasteiger charge is 1.82. The Bertz CT molecular complexity index is 134. The standard InChI is InChI=1S/C6H12N2O/c1-4-5(2)9-8-6(3)7/h4H,1-3H3,(H2,7,8)/b5-4+. The predicted octanol–water partition coefficient (Wildman–Crippen LogP) is 1.22. The average molecular weight is 128 g/mol. The van der Waals surface area contributed by atoms with Crippen LogP contribution < -0.4 is 5.73 Å². The van der Waals surface area contributed by atoms with Gasteiger partial charge in [-0.15, -0.1) is 0 Å². The molecule has 0 aliphatic carbocycles. The number of nitrogens with two attached hydrogens (primary N) is 1. The Morgan fingerprint density at radius 2 is 2.11 bits per heavy atom. The summed E-state index contributed by atoms with van der Waals surface area (Å²) in [5, 5.41) is 3.52. The fourth-order valence-corrected chi connectivity index (χ4v) is 0.197. The van der Waals surface area contributed by atoms with Crippen molar-refractivity contribution in [3.05, 3.63) is 11.8 Å². The molecule has 0 spiro atoms. The number of nitrogens with zero attached hydrogens (tertiary/aromatic N) is 1. The van der Waals surface area contributed by atoms with E-state index in [2.05, 4.69) is 5.16 Å². The maximum Gasteiger partial charge on any atom is 0.136 e. The van der Waals surface area contributed by atoms with E-state index in [1.165, 1.54) is 0 Å². The molecule has 0 aliphatic heterocycles. The van der Waals surface area contributed by atoms with Crippen molar-refractivity contribution in [3.8, 4) is 0 Å². The molecule has 2 N–H and O–H groups in total. The van der Waals surface area contributed by atoms with Crippen LogP contribution in [0.15, 0.2) is 17.0 Å². The molecule has 0 aliphatic rings. The molecule has 0 aromatic carbocycles. The van der Waals surface area contributed by atoms with Gasteiger partial charge in [-0.05, 0) is 26.8 Å². The number of hydrogen-bond acceptors (Lipinski definition) is 2. The van der Waals surface area contributed by atoms with Crippen molar-refractivity contribution >= 4 is 5.84 Å². The molecular formula is C6H12N2O. The van der Waals surface area contributed by atoms with E-state index in [0.29, 0.717) is 5.84 Å². The summed E-state index contributed by atoms with van der Waals surface area (Å²) in [6.07, 6.45) is 1.81. The molecule has 0 heterocycles. The van der Waals surface area contributed by atoms with Gasteiger partial charge >= 0.3 is 0 Å². The molecule has 0 fully saturated rings. The molecule has 0 amide bonds. The van der Waals surface area contributed by atoms with Gasteiger partial charge in [0, 0.05) is 0 Å². The zero-order valence-corrected chi connectivity index (χ0v) is 6.01. The van der Waals surface area contributed by atoms with Gasteiger partial charge in [0.2, 0.25) is 0 Å². The number of hydrogen-bond donors (Lipinski definition) is 1. The number of rotatable bonds is 2. The average Bonchev–Trinajstić information content (AvgIpc) is 1.83. The fourth-order valence-electron chi connectivity index (χ4n) is 0.197. The topological polar surface area (TPSA) is 47.6 Å². The van der Waals surface area contributed by atoms with Gasteiger partial charge < -0.3 is 10.6 Å². The van der Waals surface area contributed by atoms with Crippen LogP contribution in [0.3, 0.4) is 0 Å². The maximum absolute atomic E-state index is 5.19. The number of amidine groups is 1. The Morgan fingerprint density at radius 1 is 1.56 bits per heavy atom. The SMILES string of the molecule is C/C=C(\C)O/N=C(/C)N. The first-order valence-electron chi connectivity index (χ1n) is 2.77. The Labute approximate surface area is 55.2 Å². The molecule has 0 aromatic rings. The normalized spacial score (nSPS) is 13.7. The highest BCUT2D eigenvalue weighted by Crippen LogP contribution is 1.93. The summed E-state index contributed by atoms with van der Waals surface area (Å²) in [5.74, 6) is 1.18. The van der Waals surface area contributed by atoms with Crippen molar-refractivity contribution in [2.24, 2.45) is 10.9 Å². The quantitative estimate of drug-likeness (QED) is 0.263. The molecule has 0 bridgehead atoms. The first-order chi connectivity index (χ1) is 4.16. The van der Waals surface area contributed by atoms with Gasteiger partial charge in [-0.3, -0.25) is 0 Å². The van der Waals surface area contributed by atoms with Crippen LogP contribution in [0.25, 0.3) is 0 Å². The van der Waals surface area contributed by atoms with Gasteiger partial charge in [0.1, 0.15) is 11.6 Å². The highest BCUT2D eigenvalue weighted by molar-refractivity contribution is 5.76. The highest BCUT2D eigenvalue weighted by atomic mass is 16.6. The maximum atomic E-state index is 5.19. The monoisotopic (exact) mass is 128 g/mol. The molecule has 0 saturated heterocycles. The molecule has 0 radical (unpaired) electrons. The number of allylic oxidation sites excluding steroid dienone is 2. The lowest BCUT2D eigenvalue weighted by atomic mass is 10.5. The molecule has 0 atom stereocenters. The third-order valence-corrected chi connectivity index (χ3v) is 0.740. The van der Waals surface area contributed by atoms with E-state index >= 15 is 0 Å². The molecular weight excluding hydrogens is 116 g/mol. The molecule has 0 saturated carbocycles. The zero-order chi connectivity index (χ0) is 7.28. The minimum absolute atomic E-state index is 0.427. The molecule has 3 nitrogen and oxygen atoms in total. The summed E-state index contributed by atoms with van der Waals surface area (Å²) in [7, 11) is 0. The van der Waals surface area contributed by atoms with E-state index in [-0.39, 0.29) is 0 Å². The summed E-state index contributed by atoms with van der Waals surface area (Å²) in [5.41, 5.74) is 5.19. The smallest absolute Gasteiger partial charge is 0.136 e. The molecule has 9 heavy (non-hydrogen) atoms. The van der Waals surface area contributed by atoms with E-state index in [4.69, 9.17) is 10.6 Å². The van der Waals surface area contributed by atoms with Gasteiger partial charge in [-0.1, -0.05) is 5.16 Å².